The van der Waals surface area contributed by atoms with Crippen LogP contribution in [-0.4, -0.2) is 55.3 Å². The van der Waals surface area contributed by atoms with Crippen LogP contribution in [-0.2, 0) is 0 Å². The predicted octanol–water partition coefficient (Wildman–Crippen LogP) is 3.92. The summed E-state index contributed by atoms with van der Waals surface area (Å²) in [5.74, 6) is 0.591. The van der Waals surface area contributed by atoms with E-state index in [2.05, 4.69) is 49.5 Å². The molecule has 128 valence electrons. The number of hydrogen-bond donors (Lipinski definition) is 1. The molecule has 0 saturated carbocycles. The van der Waals surface area contributed by atoms with Crippen LogP contribution in [0.1, 0.15) is 31.1 Å². The van der Waals surface area contributed by atoms with Gasteiger partial charge in [-0.25, -0.2) is 4.79 Å². The van der Waals surface area contributed by atoms with Crippen LogP contribution in [0.3, 0.4) is 0 Å². The molecule has 0 bridgehead atoms. The minimum Gasteiger partial charge on any atom is -0.324 e. The third-order valence-corrected chi connectivity index (χ3v) is 5.62. The highest BCUT2D eigenvalue weighted by Gasteiger charge is 2.26. The maximum atomic E-state index is 12.5. The normalized spacial score (nSPS) is 19.2. The Labute approximate surface area is 144 Å². The lowest BCUT2D eigenvalue weighted by Crippen LogP contribution is -2.34. The lowest BCUT2D eigenvalue weighted by Gasteiger charge is -2.20. The molecule has 2 amide bonds. The largest absolute Gasteiger partial charge is 0.324 e. The average molecular weight is 336 g/mol. The fourth-order valence-corrected chi connectivity index (χ4v) is 3.36. The molecule has 1 N–H and O–H groups in total. The number of urea groups is 1. The molecule has 4 nitrogen and oxygen atoms in total. The van der Waals surface area contributed by atoms with E-state index in [0.717, 1.165) is 38.3 Å². The number of likely N-dealkylation sites (tertiary alicyclic amines) is 1. The first-order chi connectivity index (χ1) is 11.0. The van der Waals surface area contributed by atoms with Gasteiger partial charge in [0.1, 0.15) is 0 Å². The molecule has 1 heterocycles. The van der Waals surface area contributed by atoms with Gasteiger partial charge in [0, 0.05) is 30.6 Å². The van der Waals surface area contributed by atoms with E-state index in [1.165, 1.54) is 5.56 Å². The maximum absolute atomic E-state index is 12.5. The van der Waals surface area contributed by atoms with Gasteiger partial charge in [0.25, 0.3) is 0 Å². The van der Waals surface area contributed by atoms with Crippen LogP contribution in [0, 0.1) is 5.92 Å². The number of thioether (sulfide) groups is 1. The van der Waals surface area contributed by atoms with Crippen molar-refractivity contribution >= 4 is 23.5 Å². The minimum atomic E-state index is 0.0283. The zero-order chi connectivity index (χ0) is 16.8. The molecule has 2 rings (SSSR count). The topological polar surface area (TPSA) is 35.6 Å². The molecular formula is C18H29N3OS. The van der Waals surface area contributed by atoms with Gasteiger partial charge in [-0.15, -0.1) is 0 Å². The summed E-state index contributed by atoms with van der Waals surface area (Å²) in [5.41, 5.74) is 2.14. The highest BCUT2D eigenvalue weighted by molar-refractivity contribution is 7.98. The average Bonchev–Trinajstić information content (AvgIpc) is 3.02. The molecule has 23 heavy (non-hydrogen) atoms. The van der Waals surface area contributed by atoms with E-state index in [0.29, 0.717) is 11.2 Å². The van der Waals surface area contributed by atoms with Crippen molar-refractivity contribution in [3.8, 4) is 0 Å². The Morgan fingerprint density at radius 1 is 1.52 bits per heavy atom. The summed E-state index contributed by atoms with van der Waals surface area (Å²) in [6.07, 6.45) is 3.20. The number of anilines is 1. The van der Waals surface area contributed by atoms with Gasteiger partial charge in [-0.1, -0.05) is 19.1 Å². The molecule has 0 aromatic heterocycles. The van der Waals surface area contributed by atoms with E-state index in [1.54, 1.807) is 0 Å². The number of hydrogen-bond acceptors (Lipinski definition) is 3. The zero-order valence-electron chi connectivity index (χ0n) is 14.7. The number of carbonyl (C=O) groups excluding carboxylic acids is 1. The summed E-state index contributed by atoms with van der Waals surface area (Å²) in [6, 6.07) is 8.20. The molecule has 1 aliphatic rings. The number of amides is 2. The summed E-state index contributed by atoms with van der Waals surface area (Å²) < 4.78 is 0. The Hall–Kier alpha value is -1.20. The number of rotatable bonds is 6. The third-order valence-electron chi connectivity index (χ3n) is 4.64. The Kier molecular flexibility index (Phi) is 6.78. The molecular weight excluding hydrogens is 306 g/mol. The maximum Gasteiger partial charge on any atom is 0.321 e. The van der Waals surface area contributed by atoms with Gasteiger partial charge in [0.2, 0.25) is 0 Å². The fraction of sp³-hybridized carbons (Fsp3) is 0.611. The molecule has 0 aliphatic carbocycles. The molecule has 1 saturated heterocycles. The first-order valence-electron chi connectivity index (χ1n) is 8.40. The summed E-state index contributed by atoms with van der Waals surface area (Å²) >= 11 is 1.81. The van der Waals surface area contributed by atoms with Crippen molar-refractivity contribution in [2.45, 2.75) is 25.5 Å². The first-order valence-corrected chi connectivity index (χ1v) is 9.69. The van der Waals surface area contributed by atoms with Crippen LogP contribution in [0.5, 0.6) is 0 Å². The van der Waals surface area contributed by atoms with Crippen LogP contribution in [0.4, 0.5) is 10.5 Å². The zero-order valence-corrected chi connectivity index (χ0v) is 15.5. The van der Waals surface area contributed by atoms with Gasteiger partial charge >= 0.3 is 6.03 Å². The van der Waals surface area contributed by atoms with Crippen molar-refractivity contribution in [2.75, 3.05) is 44.8 Å². The van der Waals surface area contributed by atoms with Crippen molar-refractivity contribution in [1.29, 1.82) is 0 Å². The number of nitrogens with zero attached hydrogens (tertiary/aromatic N) is 2. The van der Waals surface area contributed by atoms with Crippen molar-refractivity contribution in [2.24, 2.45) is 5.92 Å². The molecule has 1 aromatic rings. The Morgan fingerprint density at radius 2 is 2.30 bits per heavy atom. The van der Waals surface area contributed by atoms with E-state index in [1.807, 2.05) is 28.8 Å². The molecule has 1 fully saturated rings. The first kappa shape index (κ1) is 18.1. The monoisotopic (exact) mass is 335 g/mol. The molecule has 0 spiro atoms. The van der Waals surface area contributed by atoms with E-state index in [4.69, 9.17) is 0 Å². The van der Waals surface area contributed by atoms with Gasteiger partial charge in [-0.05, 0) is 56.8 Å². The van der Waals surface area contributed by atoms with E-state index >= 15 is 0 Å². The molecule has 0 radical (unpaired) electrons. The highest BCUT2D eigenvalue weighted by Crippen LogP contribution is 2.27. The standard InChI is InChI=1S/C18H29N3OS/c1-5-20(3)12-15-9-10-21(13-15)18(22)19-17-8-6-7-16(11-17)14(2)23-4/h6-8,11,14-15H,5,9-10,12-13H2,1-4H3,(H,19,22)/t14-,15-/m1/s1. The van der Waals surface area contributed by atoms with Gasteiger partial charge in [0.15, 0.2) is 0 Å². The lowest BCUT2D eigenvalue weighted by atomic mass is 10.1. The second-order valence-electron chi connectivity index (χ2n) is 6.39. The predicted molar refractivity (Wildman–Crippen MR) is 100 cm³/mol. The summed E-state index contributed by atoms with van der Waals surface area (Å²) in [6.45, 7) is 8.19. The molecule has 2 atom stereocenters. The third kappa shape index (κ3) is 5.15. The lowest BCUT2D eigenvalue weighted by molar-refractivity contribution is 0.218. The van der Waals surface area contributed by atoms with Crippen LogP contribution in [0.25, 0.3) is 0 Å². The van der Waals surface area contributed by atoms with E-state index in [-0.39, 0.29) is 6.03 Å². The smallest absolute Gasteiger partial charge is 0.321 e. The SMILES string of the molecule is CCN(C)C[C@H]1CCN(C(=O)Nc2cccc([C@@H](C)SC)c2)C1. The van der Waals surface area contributed by atoms with Crippen molar-refractivity contribution < 1.29 is 4.79 Å². The second kappa shape index (κ2) is 8.60. The summed E-state index contributed by atoms with van der Waals surface area (Å²) in [7, 11) is 2.14. The quantitative estimate of drug-likeness (QED) is 0.856. The molecule has 0 unspecified atom stereocenters. The Balaban J connectivity index is 1.90. The second-order valence-corrected chi connectivity index (χ2v) is 7.57. The van der Waals surface area contributed by atoms with Gasteiger partial charge in [-0.3, -0.25) is 0 Å². The van der Waals surface area contributed by atoms with E-state index < -0.39 is 0 Å². The molecule has 5 heteroatoms. The minimum absolute atomic E-state index is 0.0283. The van der Waals surface area contributed by atoms with Crippen LogP contribution >= 0.6 is 11.8 Å². The number of nitrogens with one attached hydrogen (secondary N) is 1. The summed E-state index contributed by atoms with van der Waals surface area (Å²) in [5, 5.41) is 3.49. The number of carbonyl (C=O) groups is 1. The van der Waals surface area contributed by atoms with Crippen LogP contribution in [0.15, 0.2) is 24.3 Å². The Morgan fingerprint density at radius 3 is 3.00 bits per heavy atom. The molecule has 1 aliphatic heterocycles. The van der Waals surface area contributed by atoms with Gasteiger partial charge < -0.3 is 15.1 Å². The molecule has 1 aromatic carbocycles. The Bertz CT molecular complexity index is 523. The van der Waals surface area contributed by atoms with Crippen molar-refractivity contribution in [3.63, 3.8) is 0 Å². The number of benzene rings is 1. The van der Waals surface area contributed by atoms with Crippen LogP contribution < -0.4 is 5.32 Å². The summed E-state index contributed by atoms with van der Waals surface area (Å²) in [4.78, 5) is 16.7. The van der Waals surface area contributed by atoms with Crippen molar-refractivity contribution in [1.82, 2.24) is 9.80 Å². The van der Waals surface area contributed by atoms with Gasteiger partial charge in [0.05, 0.1) is 0 Å². The van der Waals surface area contributed by atoms with Gasteiger partial charge in [-0.2, -0.15) is 11.8 Å². The fourth-order valence-electron chi connectivity index (χ4n) is 2.94. The van der Waals surface area contributed by atoms with Crippen LogP contribution in [0.2, 0.25) is 0 Å². The van der Waals surface area contributed by atoms with E-state index in [9.17, 15) is 4.79 Å². The van der Waals surface area contributed by atoms with Crippen molar-refractivity contribution in [3.05, 3.63) is 29.8 Å². The highest BCUT2D eigenvalue weighted by atomic mass is 32.2.